The van der Waals surface area contributed by atoms with Crippen molar-refractivity contribution in [1.82, 2.24) is 0 Å². The third-order valence-corrected chi connectivity index (χ3v) is 4.35. The Morgan fingerprint density at radius 3 is 2.27 bits per heavy atom. The van der Waals surface area contributed by atoms with Crippen LogP contribution in [0.15, 0.2) is 0 Å². The second kappa shape index (κ2) is 4.06. The number of rotatable bonds is 4. The first-order valence-electron chi connectivity index (χ1n) is 5.59. The van der Waals surface area contributed by atoms with Gasteiger partial charge in [-0.25, -0.2) is 8.42 Å². The number of sulfone groups is 1. The predicted octanol–water partition coefficient (Wildman–Crippen LogP) is 1.72. The van der Waals surface area contributed by atoms with E-state index in [0.717, 1.165) is 25.7 Å². The van der Waals surface area contributed by atoms with Crippen LogP contribution in [-0.2, 0) is 9.84 Å². The van der Waals surface area contributed by atoms with Gasteiger partial charge >= 0.3 is 0 Å². The first-order chi connectivity index (χ1) is 6.62. The lowest BCUT2D eigenvalue weighted by molar-refractivity contribution is 0.322. The Morgan fingerprint density at radius 1 is 1.27 bits per heavy atom. The molecule has 1 atom stereocenters. The van der Waals surface area contributed by atoms with Gasteiger partial charge in [0, 0.05) is 17.5 Å². The highest BCUT2D eigenvalue weighted by Crippen LogP contribution is 2.44. The minimum atomic E-state index is -2.83. The zero-order valence-electron chi connectivity index (χ0n) is 10.0. The van der Waals surface area contributed by atoms with E-state index in [1.54, 1.807) is 0 Å². The summed E-state index contributed by atoms with van der Waals surface area (Å²) in [4.78, 5) is 0. The van der Waals surface area contributed by atoms with Gasteiger partial charge < -0.3 is 5.73 Å². The van der Waals surface area contributed by atoms with Crippen molar-refractivity contribution >= 4 is 9.84 Å². The first kappa shape index (κ1) is 13.0. The van der Waals surface area contributed by atoms with Crippen LogP contribution in [0.2, 0.25) is 0 Å². The lowest BCUT2D eigenvalue weighted by Crippen LogP contribution is -2.38. The van der Waals surface area contributed by atoms with E-state index in [-0.39, 0.29) is 11.3 Å². The van der Waals surface area contributed by atoms with Gasteiger partial charge in [0.2, 0.25) is 0 Å². The molecule has 1 aliphatic carbocycles. The van der Waals surface area contributed by atoms with Crippen molar-refractivity contribution in [1.29, 1.82) is 0 Å². The molecule has 0 amide bonds. The Bertz CT molecular complexity index is 321. The van der Waals surface area contributed by atoms with Gasteiger partial charge in [-0.3, -0.25) is 0 Å². The van der Waals surface area contributed by atoms with E-state index < -0.39 is 9.84 Å². The Hall–Kier alpha value is -0.0900. The average molecular weight is 233 g/mol. The summed E-state index contributed by atoms with van der Waals surface area (Å²) in [5.74, 6) is 0.270. The van der Waals surface area contributed by atoms with Gasteiger partial charge in [0.15, 0.2) is 0 Å². The minimum Gasteiger partial charge on any atom is -0.325 e. The van der Waals surface area contributed by atoms with E-state index in [4.69, 9.17) is 5.73 Å². The Morgan fingerprint density at radius 2 is 1.87 bits per heavy atom. The first-order valence-corrected chi connectivity index (χ1v) is 7.65. The standard InChI is InChI=1S/C11H23NO2S/c1-10(2)6-7-11(12,9-10)5-4-8-15(3,13)14/h4-9,12H2,1-3H3. The Kier molecular flexibility index (Phi) is 3.51. The summed E-state index contributed by atoms with van der Waals surface area (Å²) >= 11 is 0. The molecule has 90 valence electrons. The van der Waals surface area contributed by atoms with Crippen molar-refractivity contribution in [3.8, 4) is 0 Å². The van der Waals surface area contributed by atoms with Crippen molar-refractivity contribution in [3.63, 3.8) is 0 Å². The van der Waals surface area contributed by atoms with Crippen LogP contribution in [0.5, 0.6) is 0 Å². The molecule has 0 bridgehead atoms. The number of hydrogen-bond donors (Lipinski definition) is 1. The van der Waals surface area contributed by atoms with Crippen LogP contribution in [0.3, 0.4) is 0 Å². The smallest absolute Gasteiger partial charge is 0.147 e. The van der Waals surface area contributed by atoms with Gasteiger partial charge in [-0.1, -0.05) is 13.8 Å². The van der Waals surface area contributed by atoms with E-state index in [1.807, 2.05) is 0 Å². The van der Waals surface area contributed by atoms with Gasteiger partial charge in [-0.2, -0.15) is 0 Å². The molecule has 1 aliphatic rings. The molecule has 0 heterocycles. The zero-order valence-corrected chi connectivity index (χ0v) is 10.9. The SMILES string of the molecule is CC1(C)CCC(N)(CCCS(C)(=O)=O)C1. The van der Waals surface area contributed by atoms with Gasteiger partial charge in [0.05, 0.1) is 0 Å². The van der Waals surface area contributed by atoms with Crippen LogP contribution in [0.4, 0.5) is 0 Å². The fourth-order valence-corrected chi connectivity index (χ4v) is 3.29. The fourth-order valence-electron chi connectivity index (χ4n) is 2.62. The predicted molar refractivity (Wildman–Crippen MR) is 63.5 cm³/mol. The normalized spacial score (nSPS) is 30.7. The zero-order chi connectivity index (χ0) is 11.7. The van der Waals surface area contributed by atoms with E-state index in [1.165, 1.54) is 6.26 Å². The monoisotopic (exact) mass is 233 g/mol. The molecule has 0 radical (unpaired) electrons. The highest BCUT2D eigenvalue weighted by atomic mass is 32.2. The molecule has 1 unspecified atom stereocenters. The molecule has 15 heavy (non-hydrogen) atoms. The third kappa shape index (κ3) is 4.51. The summed E-state index contributed by atoms with van der Waals surface area (Å²) in [6, 6.07) is 0. The summed E-state index contributed by atoms with van der Waals surface area (Å²) in [7, 11) is -2.83. The van der Waals surface area contributed by atoms with Gasteiger partial charge in [-0.05, 0) is 37.5 Å². The summed E-state index contributed by atoms with van der Waals surface area (Å²) in [6.45, 7) is 4.47. The van der Waals surface area contributed by atoms with Crippen LogP contribution in [0, 0.1) is 5.41 Å². The lowest BCUT2D eigenvalue weighted by atomic mass is 9.86. The molecular formula is C11H23NO2S. The van der Waals surface area contributed by atoms with Crippen molar-refractivity contribution in [3.05, 3.63) is 0 Å². The van der Waals surface area contributed by atoms with Crippen molar-refractivity contribution < 1.29 is 8.42 Å². The Labute approximate surface area is 93.3 Å². The van der Waals surface area contributed by atoms with E-state index >= 15 is 0 Å². The number of nitrogens with two attached hydrogens (primary N) is 1. The molecule has 4 heteroatoms. The topological polar surface area (TPSA) is 60.2 Å². The summed E-state index contributed by atoms with van der Waals surface area (Å²) in [5, 5.41) is 0. The van der Waals surface area contributed by atoms with E-state index in [9.17, 15) is 8.42 Å². The molecule has 2 N–H and O–H groups in total. The van der Waals surface area contributed by atoms with Crippen molar-refractivity contribution in [2.75, 3.05) is 12.0 Å². The Balaban J connectivity index is 2.40. The average Bonchev–Trinajstić information content (AvgIpc) is 2.23. The van der Waals surface area contributed by atoms with Crippen LogP contribution >= 0.6 is 0 Å². The molecule has 0 aromatic rings. The molecule has 0 aliphatic heterocycles. The molecule has 1 fully saturated rings. The van der Waals surface area contributed by atoms with Gasteiger partial charge in [-0.15, -0.1) is 0 Å². The fraction of sp³-hybridized carbons (Fsp3) is 1.00. The second-order valence-corrected chi connectivity index (χ2v) is 8.20. The van der Waals surface area contributed by atoms with Gasteiger partial charge in [0.1, 0.15) is 9.84 Å². The highest BCUT2D eigenvalue weighted by molar-refractivity contribution is 7.90. The van der Waals surface area contributed by atoms with Gasteiger partial charge in [0.25, 0.3) is 0 Å². The van der Waals surface area contributed by atoms with Crippen molar-refractivity contribution in [2.24, 2.45) is 11.1 Å². The third-order valence-electron chi connectivity index (χ3n) is 3.32. The molecular weight excluding hydrogens is 210 g/mol. The summed E-state index contributed by atoms with van der Waals surface area (Å²) in [6.07, 6.45) is 6.03. The summed E-state index contributed by atoms with van der Waals surface area (Å²) in [5.41, 5.74) is 6.49. The molecule has 0 aromatic carbocycles. The van der Waals surface area contributed by atoms with Crippen LogP contribution in [0.1, 0.15) is 46.0 Å². The van der Waals surface area contributed by atoms with Crippen LogP contribution in [-0.4, -0.2) is 26.0 Å². The number of hydrogen-bond acceptors (Lipinski definition) is 3. The molecule has 1 saturated carbocycles. The summed E-state index contributed by atoms with van der Waals surface area (Å²) < 4.78 is 22.0. The van der Waals surface area contributed by atoms with E-state index in [2.05, 4.69) is 13.8 Å². The van der Waals surface area contributed by atoms with Crippen molar-refractivity contribution in [2.45, 2.75) is 51.5 Å². The van der Waals surface area contributed by atoms with E-state index in [0.29, 0.717) is 11.8 Å². The molecule has 0 saturated heterocycles. The highest BCUT2D eigenvalue weighted by Gasteiger charge is 2.39. The maximum absolute atomic E-state index is 11.0. The quantitative estimate of drug-likeness (QED) is 0.804. The minimum absolute atomic E-state index is 0.117. The van der Waals surface area contributed by atoms with Crippen LogP contribution in [0.25, 0.3) is 0 Å². The molecule has 3 nitrogen and oxygen atoms in total. The molecule has 1 rings (SSSR count). The largest absolute Gasteiger partial charge is 0.325 e. The molecule has 0 aromatic heterocycles. The second-order valence-electron chi connectivity index (χ2n) is 5.94. The molecule has 0 spiro atoms. The lowest BCUT2D eigenvalue weighted by Gasteiger charge is -2.26. The van der Waals surface area contributed by atoms with Crippen LogP contribution < -0.4 is 5.73 Å². The maximum Gasteiger partial charge on any atom is 0.147 e. The maximum atomic E-state index is 11.0.